The summed E-state index contributed by atoms with van der Waals surface area (Å²) in [5, 5.41) is 0.814. The lowest BCUT2D eigenvalue weighted by Crippen LogP contribution is -2.48. The van der Waals surface area contributed by atoms with Crippen LogP contribution in [0.1, 0.15) is 34.2 Å². The number of morpholine rings is 1. The van der Waals surface area contributed by atoms with E-state index in [2.05, 4.69) is 4.98 Å². The van der Waals surface area contributed by atoms with Crippen molar-refractivity contribution in [3.05, 3.63) is 45.9 Å². The molecule has 128 valence electrons. The van der Waals surface area contributed by atoms with Crippen LogP contribution in [0.5, 0.6) is 5.75 Å². The first kappa shape index (κ1) is 16.9. The second kappa shape index (κ2) is 7.32. The third-order valence-electron chi connectivity index (χ3n) is 3.85. The number of carbonyl (C=O) groups excluding carboxylic acids is 1. The summed E-state index contributed by atoms with van der Waals surface area (Å²) in [4.78, 5) is 19.9. The molecule has 3 rings (SSSR count). The van der Waals surface area contributed by atoms with E-state index in [1.54, 1.807) is 0 Å². The molecule has 5 nitrogen and oxygen atoms in total. The minimum absolute atomic E-state index is 0.0398. The van der Waals surface area contributed by atoms with Crippen LogP contribution in [0, 0.1) is 6.92 Å². The molecule has 1 aromatic heterocycles. The van der Waals surface area contributed by atoms with E-state index in [-0.39, 0.29) is 18.1 Å². The van der Waals surface area contributed by atoms with Gasteiger partial charge in [-0.05, 0) is 32.9 Å². The van der Waals surface area contributed by atoms with Gasteiger partial charge in [-0.25, -0.2) is 4.98 Å². The molecule has 1 aromatic carbocycles. The maximum Gasteiger partial charge on any atom is 0.266 e. The summed E-state index contributed by atoms with van der Waals surface area (Å²) in [5.41, 5.74) is 0.767. The number of benzene rings is 1. The predicted molar refractivity (Wildman–Crippen MR) is 93.5 cm³/mol. The van der Waals surface area contributed by atoms with Gasteiger partial charge in [-0.3, -0.25) is 4.79 Å². The summed E-state index contributed by atoms with van der Waals surface area (Å²) >= 11 is 1.41. The first-order valence-electron chi connectivity index (χ1n) is 8.12. The lowest BCUT2D eigenvalue weighted by Gasteiger charge is -2.35. The number of para-hydroxylation sites is 1. The molecular formula is C18H22N2O3S. The molecule has 1 aliphatic rings. The van der Waals surface area contributed by atoms with Crippen molar-refractivity contribution in [3.63, 3.8) is 0 Å². The van der Waals surface area contributed by atoms with Gasteiger partial charge in [0.05, 0.1) is 17.9 Å². The van der Waals surface area contributed by atoms with Crippen molar-refractivity contribution < 1.29 is 14.3 Å². The van der Waals surface area contributed by atoms with E-state index in [1.807, 2.05) is 56.0 Å². The van der Waals surface area contributed by atoms with Crippen LogP contribution in [0.15, 0.2) is 30.3 Å². The number of thiazole rings is 1. The fraction of sp³-hybridized carbons (Fsp3) is 0.444. The first-order valence-corrected chi connectivity index (χ1v) is 8.93. The van der Waals surface area contributed by atoms with Crippen LogP contribution in [0.3, 0.4) is 0 Å². The van der Waals surface area contributed by atoms with E-state index >= 15 is 0 Å². The summed E-state index contributed by atoms with van der Waals surface area (Å²) < 4.78 is 11.4. The Kier molecular flexibility index (Phi) is 5.16. The van der Waals surface area contributed by atoms with E-state index in [0.29, 0.717) is 24.6 Å². The highest BCUT2D eigenvalue weighted by Crippen LogP contribution is 2.23. The molecule has 2 unspecified atom stereocenters. The second-order valence-corrected chi connectivity index (χ2v) is 7.17. The minimum Gasteiger partial charge on any atom is -0.486 e. The molecule has 0 bridgehead atoms. The average Bonchev–Trinajstić information content (AvgIpc) is 2.93. The van der Waals surface area contributed by atoms with Crippen LogP contribution in [0.25, 0.3) is 0 Å². The van der Waals surface area contributed by atoms with Gasteiger partial charge in [0.2, 0.25) is 0 Å². The third kappa shape index (κ3) is 3.94. The number of rotatable bonds is 4. The summed E-state index contributed by atoms with van der Waals surface area (Å²) in [5.74, 6) is 0.840. The molecule has 1 aliphatic heterocycles. The highest BCUT2D eigenvalue weighted by atomic mass is 32.1. The Bertz CT molecular complexity index is 692. The van der Waals surface area contributed by atoms with Crippen molar-refractivity contribution in [2.75, 3.05) is 13.1 Å². The number of ether oxygens (including phenoxy) is 2. The van der Waals surface area contributed by atoms with Gasteiger partial charge in [0, 0.05) is 13.1 Å². The molecule has 0 radical (unpaired) electrons. The Morgan fingerprint density at radius 2 is 1.96 bits per heavy atom. The Morgan fingerprint density at radius 1 is 1.29 bits per heavy atom. The standard InChI is InChI=1S/C18H22N2O3S/c1-12-9-20(10-13(2)23-12)18(21)17-14(3)19-16(24-17)11-22-15-7-5-4-6-8-15/h4-8,12-13H,9-11H2,1-3H3. The number of hydrogen-bond donors (Lipinski definition) is 0. The lowest BCUT2D eigenvalue weighted by molar-refractivity contribution is -0.0585. The molecule has 0 saturated carbocycles. The quantitative estimate of drug-likeness (QED) is 0.852. The highest BCUT2D eigenvalue weighted by molar-refractivity contribution is 7.13. The summed E-state index contributed by atoms with van der Waals surface area (Å²) in [6.45, 7) is 7.48. The molecule has 1 amide bonds. The Balaban J connectivity index is 1.68. The van der Waals surface area contributed by atoms with Crippen LogP contribution in [-0.2, 0) is 11.3 Å². The molecule has 6 heteroatoms. The van der Waals surface area contributed by atoms with Crippen molar-refractivity contribution in [1.82, 2.24) is 9.88 Å². The van der Waals surface area contributed by atoms with Gasteiger partial charge in [0.25, 0.3) is 5.91 Å². The molecule has 0 N–H and O–H groups in total. The SMILES string of the molecule is Cc1nc(COc2ccccc2)sc1C(=O)N1CC(C)OC(C)C1. The van der Waals surface area contributed by atoms with Crippen molar-refractivity contribution in [1.29, 1.82) is 0 Å². The van der Waals surface area contributed by atoms with Crippen molar-refractivity contribution in [2.24, 2.45) is 0 Å². The Morgan fingerprint density at radius 3 is 2.62 bits per heavy atom. The monoisotopic (exact) mass is 346 g/mol. The van der Waals surface area contributed by atoms with Crippen LogP contribution < -0.4 is 4.74 Å². The molecule has 1 fully saturated rings. The van der Waals surface area contributed by atoms with E-state index in [9.17, 15) is 4.79 Å². The topological polar surface area (TPSA) is 51.7 Å². The number of carbonyl (C=O) groups is 1. The van der Waals surface area contributed by atoms with Crippen LogP contribution >= 0.6 is 11.3 Å². The van der Waals surface area contributed by atoms with Crippen LogP contribution in [0.4, 0.5) is 0 Å². The normalized spacial score (nSPS) is 20.9. The van der Waals surface area contributed by atoms with Gasteiger partial charge in [-0.2, -0.15) is 0 Å². The molecular weight excluding hydrogens is 324 g/mol. The number of aromatic nitrogens is 1. The Labute approximate surface area is 146 Å². The number of amides is 1. The molecule has 2 aromatic rings. The van der Waals surface area contributed by atoms with E-state index in [4.69, 9.17) is 9.47 Å². The smallest absolute Gasteiger partial charge is 0.266 e. The summed E-state index contributed by atoms with van der Waals surface area (Å²) in [6, 6.07) is 9.61. The van der Waals surface area contributed by atoms with Crippen molar-refractivity contribution in [2.45, 2.75) is 39.6 Å². The van der Waals surface area contributed by atoms with Gasteiger partial charge >= 0.3 is 0 Å². The third-order valence-corrected chi connectivity index (χ3v) is 4.97. The van der Waals surface area contributed by atoms with E-state index in [0.717, 1.165) is 16.5 Å². The fourth-order valence-corrected chi connectivity index (χ4v) is 3.81. The van der Waals surface area contributed by atoms with Gasteiger partial charge in [-0.1, -0.05) is 18.2 Å². The maximum absolute atomic E-state index is 12.8. The molecule has 1 saturated heterocycles. The average molecular weight is 346 g/mol. The minimum atomic E-state index is 0.0398. The Hall–Kier alpha value is -1.92. The van der Waals surface area contributed by atoms with Crippen LogP contribution in [-0.4, -0.2) is 41.1 Å². The predicted octanol–water partition coefficient (Wildman–Crippen LogP) is 3.28. The van der Waals surface area contributed by atoms with Gasteiger partial charge < -0.3 is 14.4 Å². The highest BCUT2D eigenvalue weighted by Gasteiger charge is 2.28. The number of hydrogen-bond acceptors (Lipinski definition) is 5. The second-order valence-electron chi connectivity index (χ2n) is 6.09. The largest absolute Gasteiger partial charge is 0.486 e. The first-order chi connectivity index (χ1) is 11.5. The zero-order valence-corrected chi connectivity index (χ0v) is 15.0. The zero-order chi connectivity index (χ0) is 17.1. The molecule has 2 heterocycles. The molecule has 0 aliphatic carbocycles. The molecule has 2 atom stereocenters. The molecule has 0 spiro atoms. The lowest BCUT2D eigenvalue weighted by atomic mass is 10.2. The van der Waals surface area contributed by atoms with Crippen LogP contribution in [0.2, 0.25) is 0 Å². The fourth-order valence-electron chi connectivity index (χ4n) is 2.86. The number of nitrogens with zero attached hydrogens (tertiary/aromatic N) is 2. The summed E-state index contributed by atoms with van der Waals surface area (Å²) in [7, 11) is 0. The van der Waals surface area contributed by atoms with E-state index < -0.39 is 0 Å². The van der Waals surface area contributed by atoms with E-state index in [1.165, 1.54) is 11.3 Å². The van der Waals surface area contributed by atoms with Crippen molar-refractivity contribution in [3.8, 4) is 5.75 Å². The van der Waals surface area contributed by atoms with Gasteiger partial charge in [0.15, 0.2) is 0 Å². The van der Waals surface area contributed by atoms with Crippen molar-refractivity contribution >= 4 is 17.2 Å². The summed E-state index contributed by atoms with van der Waals surface area (Å²) in [6.07, 6.45) is 0.124. The zero-order valence-electron chi connectivity index (χ0n) is 14.2. The van der Waals surface area contributed by atoms with Gasteiger partial charge in [-0.15, -0.1) is 11.3 Å². The molecule has 24 heavy (non-hydrogen) atoms. The maximum atomic E-state index is 12.8. The van der Waals surface area contributed by atoms with Gasteiger partial charge in [0.1, 0.15) is 22.2 Å². The number of aryl methyl sites for hydroxylation is 1.